The molecule has 1 unspecified atom stereocenters. The molecule has 0 amide bonds. The Bertz CT molecular complexity index is 433. The molecule has 2 rings (SSSR count). The third kappa shape index (κ3) is 2.81. The van der Waals surface area contributed by atoms with Crippen molar-refractivity contribution in [3.05, 3.63) is 28.3 Å². The molecule has 1 heterocycles. The zero-order chi connectivity index (χ0) is 13.2. The maximum atomic E-state index is 6.21. The average molecular weight is 268 g/mol. The summed E-state index contributed by atoms with van der Waals surface area (Å²) in [6.07, 6.45) is 3.13. The Balaban J connectivity index is 2.28. The van der Waals surface area contributed by atoms with E-state index >= 15 is 0 Å². The first-order valence-corrected chi connectivity index (χ1v) is 7.04. The van der Waals surface area contributed by atoms with Crippen LogP contribution in [0.1, 0.15) is 31.4 Å². The molecule has 1 aromatic carbocycles. The van der Waals surface area contributed by atoms with Crippen molar-refractivity contribution in [2.45, 2.75) is 33.1 Å². The van der Waals surface area contributed by atoms with Crippen LogP contribution in [-0.2, 0) is 12.8 Å². The molecule has 1 aliphatic rings. The number of halogens is 1. The maximum absolute atomic E-state index is 6.21. The third-order valence-corrected chi connectivity index (χ3v) is 4.12. The van der Waals surface area contributed by atoms with Crippen LogP contribution in [0.25, 0.3) is 0 Å². The van der Waals surface area contributed by atoms with Gasteiger partial charge in [0.2, 0.25) is 0 Å². The van der Waals surface area contributed by atoms with E-state index in [1.165, 1.54) is 11.1 Å². The molecular formula is C15H22ClNO. The smallest absolute Gasteiger partial charge is 0.125 e. The minimum atomic E-state index is 0.249. The Morgan fingerprint density at radius 2 is 2.22 bits per heavy atom. The van der Waals surface area contributed by atoms with Gasteiger partial charge in [-0.25, -0.2) is 0 Å². The molecule has 0 spiro atoms. The zero-order valence-corrected chi connectivity index (χ0v) is 12.2. The number of fused-ring (bicyclic) bond motifs is 1. The van der Waals surface area contributed by atoms with Gasteiger partial charge in [0.25, 0.3) is 0 Å². The van der Waals surface area contributed by atoms with Crippen molar-refractivity contribution in [1.29, 1.82) is 0 Å². The Morgan fingerprint density at radius 1 is 1.44 bits per heavy atom. The van der Waals surface area contributed by atoms with Gasteiger partial charge >= 0.3 is 0 Å². The highest BCUT2D eigenvalue weighted by atomic mass is 35.5. The van der Waals surface area contributed by atoms with Crippen molar-refractivity contribution in [2.75, 3.05) is 20.2 Å². The van der Waals surface area contributed by atoms with Crippen LogP contribution in [0.4, 0.5) is 0 Å². The van der Waals surface area contributed by atoms with E-state index in [0.717, 1.165) is 43.2 Å². The van der Waals surface area contributed by atoms with Gasteiger partial charge in [0.1, 0.15) is 5.75 Å². The molecule has 0 radical (unpaired) electrons. The van der Waals surface area contributed by atoms with Gasteiger partial charge in [-0.1, -0.05) is 25.4 Å². The van der Waals surface area contributed by atoms with Gasteiger partial charge in [0, 0.05) is 18.0 Å². The fourth-order valence-corrected chi connectivity index (χ4v) is 2.94. The van der Waals surface area contributed by atoms with E-state index in [1.54, 1.807) is 0 Å². The number of rotatable bonds is 5. The normalized spacial score (nSPS) is 17.1. The molecule has 0 saturated heterocycles. The van der Waals surface area contributed by atoms with Gasteiger partial charge < -0.3 is 10.1 Å². The minimum absolute atomic E-state index is 0.249. The highest BCUT2D eigenvalue weighted by Crippen LogP contribution is 2.37. The van der Waals surface area contributed by atoms with Crippen LogP contribution in [0, 0.1) is 5.41 Å². The second kappa shape index (κ2) is 5.50. The summed E-state index contributed by atoms with van der Waals surface area (Å²) in [5.41, 5.74) is 2.77. The number of ether oxygens (including phenoxy) is 1. The first kappa shape index (κ1) is 13.7. The second-order valence-corrected chi connectivity index (χ2v) is 5.96. The summed E-state index contributed by atoms with van der Waals surface area (Å²) in [6, 6.07) is 4.10. The Hall–Kier alpha value is -0.730. The molecule has 0 bridgehead atoms. The highest BCUT2D eigenvalue weighted by molar-refractivity contribution is 6.30. The second-order valence-electron chi connectivity index (χ2n) is 5.52. The summed E-state index contributed by atoms with van der Waals surface area (Å²) < 4.78 is 5.77. The van der Waals surface area contributed by atoms with Crippen molar-refractivity contribution in [3.8, 4) is 5.75 Å². The van der Waals surface area contributed by atoms with Gasteiger partial charge in [0.15, 0.2) is 0 Å². The molecule has 0 saturated carbocycles. The SMILES string of the molecule is CCC(C)(CNC)Cc1cc(Cl)cc2c1OCC2. The molecule has 100 valence electrons. The fraction of sp³-hybridized carbons (Fsp3) is 0.600. The first-order valence-electron chi connectivity index (χ1n) is 6.66. The van der Waals surface area contributed by atoms with E-state index in [4.69, 9.17) is 16.3 Å². The predicted octanol–water partition coefficient (Wildman–Crippen LogP) is 3.45. The Labute approximate surface area is 115 Å². The Morgan fingerprint density at radius 3 is 2.89 bits per heavy atom. The van der Waals surface area contributed by atoms with E-state index in [2.05, 4.69) is 25.2 Å². The van der Waals surface area contributed by atoms with Gasteiger partial charge in [-0.3, -0.25) is 0 Å². The van der Waals surface area contributed by atoms with Crippen molar-refractivity contribution in [1.82, 2.24) is 5.32 Å². The molecular weight excluding hydrogens is 246 g/mol. The maximum Gasteiger partial charge on any atom is 0.125 e. The monoisotopic (exact) mass is 267 g/mol. The molecule has 0 fully saturated rings. The van der Waals surface area contributed by atoms with Crippen LogP contribution >= 0.6 is 11.6 Å². The third-order valence-electron chi connectivity index (χ3n) is 3.90. The molecule has 3 heteroatoms. The van der Waals surface area contributed by atoms with Gasteiger partial charge in [-0.15, -0.1) is 0 Å². The lowest BCUT2D eigenvalue weighted by molar-refractivity contribution is 0.290. The Kier molecular flexibility index (Phi) is 4.18. The molecule has 0 aromatic heterocycles. The van der Waals surface area contributed by atoms with Crippen LogP contribution < -0.4 is 10.1 Å². The van der Waals surface area contributed by atoms with E-state index in [-0.39, 0.29) is 5.41 Å². The van der Waals surface area contributed by atoms with Crippen LogP contribution in [0.2, 0.25) is 5.02 Å². The standard InChI is InChI=1S/C15H22ClNO/c1-4-15(2,10-17-3)9-12-8-13(16)7-11-5-6-18-14(11)12/h7-8,17H,4-6,9-10H2,1-3H3. The van der Waals surface area contributed by atoms with E-state index in [1.807, 2.05) is 13.1 Å². The molecule has 1 aromatic rings. The molecule has 18 heavy (non-hydrogen) atoms. The molecule has 1 N–H and O–H groups in total. The van der Waals surface area contributed by atoms with Crippen molar-refractivity contribution < 1.29 is 4.74 Å². The lowest BCUT2D eigenvalue weighted by atomic mass is 9.80. The number of hydrogen-bond acceptors (Lipinski definition) is 2. The van der Waals surface area contributed by atoms with Crippen molar-refractivity contribution in [3.63, 3.8) is 0 Å². The fourth-order valence-electron chi connectivity index (χ4n) is 2.68. The summed E-state index contributed by atoms with van der Waals surface area (Å²) in [5.74, 6) is 1.08. The van der Waals surface area contributed by atoms with Crippen molar-refractivity contribution in [2.24, 2.45) is 5.41 Å². The van der Waals surface area contributed by atoms with E-state index in [9.17, 15) is 0 Å². The minimum Gasteiger partial charge on any atom is -0.493 e. The predicted molar refractivity (Wildman–Crippen MR) is 76.7 cm³/mol. The lowest BCUT2D eigenvalue weighted by Crippen LogP contribution is -2.31. The van der Waals surface area contributed by atoms with E-state index < -0.39 is 0 Å². The van der Waals surface area contributed by atoms with Gasteiger partial charge in [-0.2, -0.15) is 0 Å². The van der Waals surface area contributed by atoms with Crippen LogP contribution in [0.3, 0.4) is 0 Å². The number of nitrogens with one attached hydrogen (secondary N) is 1. The summed E-state index contributed by atoms with van der Waals surface area (Å²) in [6.45, 7) is 6.34. The van der Waals surface area contributed by atoms with Crippen LogP contribution in [0.15, 0.2) is 12.1 Å². The lowest BCUT2D eigenvalue weighted by Gasteiger charge is -2.29. The molecule has 1 atom stereocenters. The number of benzene rings is 1. The topological polar surface area (TPSA) is 21.3 Å². The van der Waals surface area contributed by atoms with E-state index in [0.29, 0.717) is 0 Å². The number of hydrogen-bond donors (Lipinski definition) is 1. The largest absolute Gasteiger partial charge is 0.493 e. The summed E-state index contributed by atoms with van der Waals surface area (Å²) in [4.78, 5) is 0. The average Bonchev–Trinajstić information content (AvgIpc) is 2.77. The molecule has 2 nitrogen and oxygen atoms in total. The quantitative estimate of drug-likeness (QED) is 0.882. The summed E-state index contributed by atoms with van der Waals surface area (Å²) in [5, 5.41) is 4.12. The zero-order valence-electron chi connectivity index (χ0n) is 11.5. The highest BCUT2D eigenvalue weighted by Gasteiger charge is 2.26. The van der Waals surface area contributed by atoms with Crippen LogP contribution in [-0.4, -0.2) is 20.2 Å². The molecule has 1 aliphatic heterocycles. The van der Waals surface area contributed by atoms with Crippen molar-refractivity contribution >= 4 is 11.6 Å². The van der Waals surface area contributed by atoms with Gasteiger partial charge in [0.05, 0.1) is 6.61 Å². The first-order chi connectivity index (χ1) is 8.58. The van der Waals surface area contributed by atoms with Gasteiger partial charge in [-0.05, 0) is 48.6 Å². The molecule has 0 aliphatic carbocycles. The van der Waals surface area contributed by atoms with Crippen LogP contribution in [0.5, 0.6) is 5.75 Å². The summed E-state index contributed by atoms with van der Waals surface area (Å²) in [7, 11) is 2.01. The summed E-state index contributed by atoms with van der Waals surface area (Å²) >= 11 is 6.21.